The predicted octanol–water partition coefficient (Wildman–Crippen LogP) is 0.495. The Kier molecular flexibility index (Phi) is 3.28. The Bertz CT molecular complexity index is 205. The van der Waals surface area contributed by atoms with Crippen molar-refractivity contribution in [3.8, 4) is 0 Å². The fourth-order valence-electron chi connectivity index (χ4n) is 0.701. The highest BCUT2D eigenvalue weighted by Gasteiger charge is 2.11. The summed E-state index contributed by atoms with van der Waals surface area (Å²) < 4.78 is 9.81. The van der Waals surface area contributed by atoms with Crippen LogP contribution < -0.4 is 0 Å². The van der Waals surface area contributed by atoms with Crippen molar-refractivity contribution in [1.82, 2.24) is 0 Å². The number of aliphatic hydroxyl groups excluding tert-OH is 2. The molecule has 0 aromatic carbocycles. The van der Waals surface area contributed by atoms with Gasteiger partial charge in [0.25, 0.3) is 0 Å². The first-order chi connectivity index (χ1) is 5.70. The van der Waals surface area contributed by atoms with Crippen LogP contribution in [0.25, 0.3) is 0 Å². The molecule has 4 heteroatoms. The Hall–Kier alpha value is -0.840. The molecule has 0 amide bonds. The second kappa shape index (κ2) is 4.25. The molecule has 0 aliphatic carbocycles. The molecule has 0 bridgehead atoms. The highest BCUT2D eigenvalue weighted by molar-refractivity contribution is 4.96. The molecule has 68 valence electrons. The Labute approximate surface area is 70.4 Å². The number of ether oxygens (including phenoxy) is 1. The van der Waals surface area contributed by atoms with Gasteiger partial charge in [0.15, 0.2) is 6.29 Å². The fourth-order valence-corrected chi connectivity index (χ4v) is 0.701. The zero-order chi connectivity index (χ0) is 8.97. The number of rotatable bonds is 4. The lowest BCUT2D eigenvalue weighted by atomic mass is 10.4. The Morgan fingerprint density at radius 3 is 2.83 bits per heavy atom. The average molecular weight is 172 g/mol. The molecule has 1 heterocycles. The first-order valence-corrected chi connectivity index (χ1v) is 3.70. The summed E-state index contributed by atoms with van der Waals surface area (Å²) in [7, 11) is 0. The number of hydrogen-bond donors (Lipinski definition) is 2. The lowest BCUT2D eigenvalue weighted by Gasteiger charge is -2.12. The van der Waals surface area contributed by atoms with Crippen molar-refractivity contribution in [3.63, 3.8) is 0 Å². The minimum Gasteiger partial charge on any atom is -0.467 e. The van der Waals surface area contributed by atoms with Gasteiger partial charge in [0.05, 0.1) is 6.26 Å². The van der Waals surface area contributed by atoms with Crippen LogP contribution in [0.2, 0.25) is 0 Å². The third kappa shape index (κ3) is 2.65. The minimum atomic E-state index is -1.16. The van der Waals surface area contributed by atoms with E-state index in [1.54, 1.807) is 12.1 Å². The zero-order valence-corrected chi connectivity index (χ0v) is 6.80. The van der Waals surface area contributed by atoms with Crippen molar-refractivity contribution in [2.24, 2.45) is 0 Å². The van der Waals surface area contributed by atoms with Gasteiger partial charge in [0.1, 0.15) is 18.5 Å². The fraction of sp³-hybridized carbons (Fsp3) is 0.500. The van der Waals surface area contributed by atoms with E-state index in [0.29, 0.717) is 5.76 Å². The summed E-state index contributed by atoms with van der Waals surface area (Å²) >= 11 is 0. The SMILES string of the molecule is CC(O)C(O)OCc1ccco1. The van der Waals surface area contributed by atoms with Gasteiger partial charge in [-0.2, -0.15) is 0 Å². The maximum absolute atomic E-state index is 9.01. The Balaban J connectivity index is 2.27. The second-order valence-electron chi connectivity index (χ2n) is 2.52. The molecule has 1 aromatic heterocycles. The number of furan rings is 1. The second-order valence-corrected chi connectivity index (χ2v) is 2.52. The van der Waals surface area contributed by atoms with E-state index in [4.69, 9.17) is 19.4 Å². The van der Waals surface area contributed by atoms with Crippen molar-refractivity contribution < 1.29 is 19.4 Å². The maximum Gasteiger partial charge on any atom is 0.181 e. The van der Waals surface area contributed by atoms with Crippen molar-refractivity contribution >= 4 is 0 Å². The summed E-state index contributed by atoms with van der Waals surface area (Å²) in [6.07, 6.45) is -0.525. The van der Waals surface area contributed by atoms with Crippen LogP contribution in [0.1, 0.15) is 12.7 Å². The molecule has 0 aliphatic heterocycles. The number of aliphatic hydroxyl groups is 2. The van der Waals surface area contributed by atoms with Gasteiger partial charge in [-0.1, -0.05) is 0 Å². The highest BCUT2D eigenvalue weighted by atomic mass is 16.6. The van der Waals surface area contributed by atoms with Crippen LogP contribution in [0.4, 0.5) is 0 Å². The van der Waals surface area contributed by atoms with Crippen LogP contribution >= 0.6 is 0 Å². The molecule has 0 fully saturated rings. The van der Waals surface area contributed by atoms with Gasteiger partial charge >= 0.3 is 0 Å². The smallest absolute Gasteiger partial charge is 0.181 e. The van der Waals surface area contributed by atoms with Crippen molar-refractivity contribution in [2.45, 2.75) is 25.9 Å². The molecule has 1 aromatic rings. The molecule has 1 rings (SSSR count). The lowest BCUT2D eigenvalue weighted by molar-refractivity contribution is -0.165. The van der Waals surface area contributed by atoms with Gasteiger partial charge in [0, 0.05) is 0 Å². The van der Waals surface area contributed by atoms with Crippen LogP contribution in [0.15, 0.2) is 22.8 Å². The van der Waals surface area contributed by atoms with E-state index in [1.807, 2.05) is 0 Å². The van der Waals surface area contributed by atoms with E-state index < -0.39 is 12.4 Å². The lowest BCUT2D eigenvalue weighted by Crippen LogP contribution is -2.25. The van der Waals surface area contributed by atoms with E-state index in [-0.39, 0.29) is 6.61 Å². The molecule has 0 saturated heterocycles. The van der Waals surface area contributed by atoms with Gasteiger partial charge in [-0.15, -0.1) is 0 Å². The van der Waals surface area contributed by atoms with E-state index in [9.17, 15) is 0 Å². The Morgan fingerprint density at radius 1 is 1.58 bits per heavy atom. The Morgan fingerprint density at radius 2 is 2.33 bits per heavy atom. The van der Waals surface area contributed by atoms with Gasteiger partial charge in [-0.3, -0.25) is 0 Å². The normalized spacial score (nSPS) is 15.9. The molecule has 0 saturated carbocycles. The van der Waals surface area contributed by atoms with E-state index in [1.165, 1.54) is 13.2 Å². The molecule has 4 nitrogen and oxygen atoms in total. The molecule has 0 aliphatic rings. The molecule has 2 unspecified atom stereocenters. The quantitative estimate of drug-likeness (QED) is 0.649. The van der Waals surface area contributed by atoms with Crippen LogP contribution in [-0.2, 0) is 11.3 Å². The van der Waals surface area contributed by atoms with Gasteiger partial charge < -0.3 is 19.4 Å². The van der Waals surface area contributed by atoms with Gasteiger partial charge in [-0.05, 0) is 19.1 Å². The van der Waals surface area contributed by atoms with Crippen molar-refractivity contribution in [2.75, 3.05) is 0 Å². The molecule has 2 atom stereocenters. The first kappa shape index (κ1) is 9.25. The third-order valence-corrected chi connectivity index (χ3v) is 1.39. The predicted molar refractivity (Wildman–Crippen MR) is 41.2 cm³/mol. The van der Waals surface area contributed by atoms with Crippen LogP contribution in [0.5, 0.6) is 0 Å². The third-order valence-electron chi connectivity index (χ3n) is 1.39. The molecular formula is C8H12O4. The van der Waals surface area contributed by atoms with Crippen LogP contribution in [0.3, 0.4) is 0 Å². The average Bonchev–Trinajstić information content (AvgIpc) is 2.51. The van der Waals surface area contributed by atoms with Crippen molar-refractivity contribution in [1.29, 1.82) is 0 Å². The molecular weight excluding hydrogens is 160 g/mol. The number of hydrogen-bond acceptors (Lipinski definition) is 4. The summed E-state index contributed by atoms with van der Waals surface area (Å²) in [6, 6.07) is 3.46. The zero-order valence-electron chi connectivity index (χ0n) is 6.80. The first-order valence-electron chi connectivity index (χ1n) is 3.70. The van der Waals surface area contributed by atoms with E-state index in [2.05, 4.69) is 0 Å². The summed E-state index contributed by atoms with van der Waals surface area (Å²) in [5.74, 6) is 0.620. The summed E-state index contributed by atoms with van der Waals surface area (Å²) in [6.45, 7) is 1.62. The van der Waals surface area contributed by atoms with E-state index >= 15 is 0 Å². The highest BCUT2D eigenvalue weighted by Crippen LogP contribution is 2.04. The van der Waals surface area contributed by atoms with Crippen LogP contribution in [0, 0.1) is 0 Å². The van der Waals surface area contributed by atoms with Crippen molar-refractivity contribution in [3.05, 3.63) is 24.2 Å². The molecule has 12 heavy (non-hydrogen) atoms. The summed E-state index contributed by atoms with van der Waals surface area (Å²) in [5.41, 5.74) is 0. The topological polar surface area (TPSA) is 62.8 Å². The summed E-state index contributed by atoms with van der Waals surface area (Å²) in [5, 5.41) is 17.9. The maximum atomic E-state index is 9.01. The van der Waals surface area contributed by atoms with Gasteiger partial charge in [-0.25, -0.2) is 0 Å². The standard InChI is InChI=1S/C8H12O4/c1-6(9)8(10)12-5-7-3-2-4-11-7/h2-4,6,8-10H,5H2,1H3. The van der Waals surface area contributed by atoms with Crippen LogP contribution in [-0.4, -0.2) is 22.6 Å². The van der Waals surface area contributed by atoms with E-state index in [0.717, 1.165) is 0 Å². The molecule has 0 radical (unpaired) electrons. The van der Waals surface area contributed by atoms with Gasteiger partial charge in [0.2, 0.25) is 0 Å². The minimum absolute atomic E-state index is 0.166. The molecule has 0 spiro atoms. The largest absolute Gasteiger partial charge is 0.467 e. The molecule has 2 N–H and O–H groups in total. The summed E-state index contributed by atoms with van der Waals surface area (Å²) in [4.78, 5) is 0. The monoisotopic (exact) mass is 172 g/mol.